The summed E-state index contributed by atoms with van der Waals surface area (Å²) in [6.07, 6.45) is 0. The summed E-state index contributed by atoms with van der Waals surface area (Å²) in [5, 5.41) is 0. The van der Waals surface area contributed by atoms with Crippen molar-refractivity contribution < 1.29 is 9.53 Å². The van der Waals surface area contributed by atoms with Crippen LogP contribution in [-0.4, -0.2) is 50.6 Å². The average Bonchev–Trinajstić information content (AvgIpc) is 3.19. The first kappa shape index (κ1) is 20.5. The van der Waals surface area contributed by atoms with Crippen molar-refractivity contribution in [3.8, 4) is 5.75 Å². The van der Waals surface area contributed by atoms with Gasteiger partial charge in [-0.2, -0.15) is 8.75 Å². The van der Waals surface area contributed by atoms with Gasteiger partial charge in [-0.05, 0) is 37.6 Å². The zero-order chi connectivity index (χ0) is 20.9. The second-order valence-electron chi connectivity index (χ2n) is 7.67. The Morgan fingerprint density at radius 3 is 2.50 bits per heavy atom. The molecule has 1 aliphatic heterocycles. The molecule has 7 heteroatoms. The number of amides is 1. The van der Waals surface area contributed by atoms with E-state index in [1.54, 1.807) is 0 Å². The third-order valence-corrected chi connectivity index (χ3v) is 6.05. The monoisotopic (exact) mass is 422 g/mol. The summed E-state index contributed by atoms with van der Waals surface area (Å²) < 4.78 is 14.2. The van der Waals surface area contributed by atoms with E-state index in [0.717, 1.165) is 44.1 Å². The third-order valence-electron chi connectivity index (χ3n) is 5.39. The molecule has 1 amide bonds. The number of ether oxygens (including phenoxy) is 1. The molecule has 0 aliphatic carbocycles. The molecule has 6 nitrogen and oxygen atoms in total. The number of hydrogen-bond donors (Lipinski definition) is 0. The predicted octanol–water partition coefficient (Wildman–Crippen LogP) is 3.69. The van der Waals surface area contributed by atoms with Gasteiger partial charge in [-0.1, -0.05) is 35.9 Å². The lowest BCUT2D eigenvalue weighted by Crippen LogP contribution is -2.48. The highest BCUT2D eigenvalue weighted by atomic mass is 32.1. The molecule has 1 aromatic heterocycles. The Labute approximate surface area is 181 Å². The van der Waals surface area contributed by atoms with E-state index in [2.05, 4.69) is 44.8 Å². The van der Waals surface area contributed by atoms with Gasteiger partial charge in [0.1, 0.15) is 18.1 Å². The molecule has 2 aromatic carbocycles. The molecule has 4 rings (SSSR count). The Hall–Kier alpha value is -2.77. The Bertz CT molecular complexity index is 994. The van der Waals surface area contributed by atoms with Crippen LogP contribution in [-0.2, 0) is 13.2 Å². The highest BCUT2D eigenvalue weighted by molar-refractivity contribution is 6.99. The van der Waals surface area contributed by atoms with Gasteiger partial charge in [-0.3, -0.25) is 9.69 Å². The minimum absolute atomic E-state index is 0.0574. The highest BCUT2D eigenvalue weighted by Crippen LogP contribution is 2.18. The molecular weight excluding hydrogens is 396 g/mol. The van der Waals surface area contributed by atoms with Crippen molar-refractivity contribution >= 4 is 17.6 Å². The van der Waals surface area contributed by atoms with E-state index < -0.39 is 0 Å². The molecule has 0 spiro atoms. The van der Waals surface area contributed by atoms with Gasteiger partial charge in [0.25, 0.3) is 5.91 Å². The number of piperazine rings is 1. The van der Waals surface area contributed by atoms with Crippen molar-refractivity contribution in [3.05, 3.63) is 76.6 Å². The largest absolute Gasteiger partial charge is 0.487 e. The molecule has 0 unspecified atom stereocenters. The van der Waals surface area contributed by atoms with Crippen LogP contribution in [0.4, 0.5) is 0 Å². The molecule has 2 heterocycles. The Morgan fingerprint density at radius 1 is 1.03 bits per heavy atom. The second kappa shape index (κ2) is 9.36. The molecule has 1 aliphatic rings. The minimum atomic E-state index is 0.0574. The van der Waals surface area contributed by atoms with Crippen LogP contribution in [0.15, 0.2) is 48.5 Å². The van der Waals surface area contributed by atoms with E-state index in [9.17, 15) is 4.79 Å². The summed E-state index contributed by atoms with van der Waals surface area (Å²) in [6, 6.07) is 16.1. The number of nitrogens with zero attached hydrogens (tertiary/aromatic N) is 4. The first-order chi connectivity index (χ1) is 14.6. The SMILES string of the molecule is Cc1ccc(CN2CCN(C(=O)c3cccc(OCc4nsnc4C)c3)CC2)cc1. The van der Waals surface area contributed by atoms with Gasteiger partial charge < -0.3 is 9.64 Å². The number of aromatic nitrogens is 2. The normalized spacial score (nSPS) is 14.7. The quantitative estimate of drug-likeness (QED) is 0.606. The first-order valence-corrected chi connectivity index (χ1v) is 10.9. The molecule has 1 saturated heterocycles. The van der Waals surface area contributed by atoms with E-state index >= 15 is 0 Å². The van der Waals surface area contributed by atoms with Crippen molar-refractivity contribution in [3.63, 3.8) is 0 Å². The number of aryl methyl sites for hydroxylation is 2. The fourth-order valence-electron chi connectivity index (χ4n) is 3.49. The maximum atomic E-state index is 13.0. The number of carbonyl (C=O) groups is 1. The Morgan fingerprint density at radius 2 is 1.80 bits per heavy atom. The molecule has 0 N–H and O–H groups in total. The maximum absolute atomic E-state index is 13.0. The van der Waals surface area contributed by atoms with Gasteiger partial charge in [0.15, 0.2) is 0 Å². The molecule has 0 bridgehead atoms. The molecule has 0 saturated carbocycles. The fourth-order valence-corrected chi connectivity index (χ4v) is 4.05. The molecule has 156 valence electrons. The van der Waals surface area contributed by atoms with E-state index in [-0.39, 0.29) is 5.91 Å². The van der Waals surface area contributed by atoms with E-state index in [1.807, 2.05) is 36.1 Å². The zero-order valence-electron chi connectivity index (χ0n) is 17.4. The molecule has 3 aromatic rings. The second-order valence-corrected chi connectivity index (χ2v) is 8.20. The van der Waals surface area contributed by atoms with Crippen LogP contribution in [0.2, 0.25) is 0 Å². The van der Waals surface area contributed by atoms with Gasteiger partial charge in [0.05, 0.1) is 17.4 Å². The van der Waals surface area contributed by atoms with E-state index in [1.165, 1.54) is 22.9 Å². The van der Waals surface area contributed by atoms with Gasteiger partial charge >= 0.3 is 0 Å². The summed E-state index contributed by atoms with van der Waals surface area (Å²) in [6.45, 7) is 8.54. The summed E-state index contributed by atoms with van der Waals surface area (Å²) >= 11 is 1.18. The van der Waals surface area contributed by atoms with Crippen LogP contribution in [0, 0.1) is 13.8 Å². The lowest BCUT2D eigenvalue weighted by molar-refractivity contribution is 0.0628. The van der Waals surface area contributed by atoms with Crippen LogP contribution in [0.1, 0.15) is 32.9 Å². The molecular formula is C23H26N4O2S. The molecule has 1 fully saturated rings. The molecule has 0 radical (unpaired) electrons. The topological polar surface area (TPSA) is 58.6 Å². The first-order valence-electron chi connectivity index (χ1n) is 10.2. The lowest BCUT2D eigenvalue weighted by atomic mass is 10.1. The summed E-state index contributed by atoms with van der Waals surface area (Å²) in [5.41, 5.74) is 4.97. The van der Waals surface area contributed by atoms with Crippen LogP contribution in [0.25, 0.3) is 0 Å². The minimum Gasteiger partial charge on any atom is -0.487 e. The summed E-state index contributed by atoms with van der Waals surface area (Å²) in [5.74, 6) is 0.730. The molecule has 0 atom stereocenters. The average molecular weight is 423 g/mol. The van der Waals surface area contributed by atoms with Crippen LogP contribution < -0.4 is 4.74 Å². The van der Waals surface area contributed by atoms with Gasteiger partial charge in [0.2, 0.25) is 0 Å². The van der Waals surface area contributed by atoms with Gasteiger partial charge in [-0.25, -0.2) is 0 Å². The summed E-state index contributed by atoms with van der Waals surface area (Å²) in [4.78, 5) is 17.3. The smallest absolute Gasteiger partial charge is 0.254 e. The maximum Gasteiger partial charge on any atom is 0.254 e. The van der Waals surface area contributed by atoms with Crippen molar-refractivity contribution in [1.82, 2.24) is 18.5 Å². The fraction of sp³-hybridized carbons (Fsp3) is 0.348. The van der Waals surface area contributed by atoms with Gasteiger partial charge in [-0.15, -0.1) is 0 Å². The number of carbonyl (C=O) groups excluding carboxylic acids is 1. The zero-order valence-corrected chi connectivity index (χ0v) is 18.2. The van der Waals surface area contributed by atoms with Crippen LogP contribution >= 0.6 is 11.7 Å². The number of hydrogen-bond acceptors (Lipinski definition) is 6. The van der Waals surface area contributed by atoms with Crippen molar-refractivity contribution in [2.45, 2.75) is 27.0 Å². The van der Waals surface area contributed by atoms with Crippen molar-refractivity contribution in [2.24, 2.45) is 0 Å². The lowest BCUT2D eigenvalue weighted by Gasteiger charge is -2.34. The van der Waals surface area contributed by atoms with Crippen molar-refractivity contribution in [1.29, 1.82) is 0 Å². The Kier molecular flexibility index (Phi) is 6.40. The Balaban J connectivity index is 1.31. The number of rotatable bonds is 6. The van der Waals surface area contributed by atoms with Crippen molar-refractivity contribution in [2.75, 3.05) is 26.2 Å². The predicted molar refractivity (Wildman–Crippen MR) is 118 cm³/mol. The highest BCUT2D eigenvalue weighted by Gasteiger charge is 2.22. The summed E-state index contributed by atoms with van der Waals surface area (Å²) in [7, 11) is 0. The third kappa shape index (κ3) is 5.04. The standard InChI is InChI=1S/C23H26N4O2S/c1-17-6-8-19(9-7-17)15-26-10-12-27(13-11-26)23(28)20-4-3-5-21(14-20)29-16-22-18(2)24-30-25-22/h3-9,14H,10-13,15-16H2,1-2H3. The van der Waals surface area contributed by atoms with Gasteiger partial charge in [0, 0.05) is 38.3 Å². The van der Waals surface area contributed by atoms with Crippen LogP contribution in [0.5, 0.6) is 5.75 Å². The van der Waals surface area contributed by atoms with Crippen LogP contribution in [0.3, 0.4) is 0 Å². The molecule has 30 heavy (non-hydrogen) atoms. The number of benzene rings is 2. The van der Waals surface area contributed by atoms with E-state index in [4.69, 9.17) is 4.74 Å². The van der Waals surface area contributed by atoms with E-state index in [0.29, 0.717) is 17.9 Å².